The van der Waals surface area contributed by atoms with E-state index < -0.39 is 10.0 Å². The Labute approximate surface area is 122 Å². The zero-order valence-electron chi connectivity index (χ0n) is 12.5. The summed E-state index contributed by atoms with van der Waals surface area (Å²) in [6.07, 6.45) is 0.934. The van der Waals surface area contributed by atoms with Crippen LogP contribution in [0.25, 0.3) is 0 Å². The highest BCUT2D eigenvalue weighted by Gasteiger charge is 2.18. The maximum Gasteiger partial charge on any atom is 0.209 e. The number of benzene rings is 1. The average Bonchev–Trinajstić information content (AvgIpc) is 2.31. The smallest absolute Gasteiger partial charge is 0.209 e. The van der Waals surface area contributed by atoms with Crippen LogP contribution in [0, 0.1) is 5.41 Å². The second kappa shape index (κ2) is 7.20. The quantitative estimate of drug-likeness (QED) is 0.786. The van der Waals surface area contributed by atoms with Crippen molar-refractivity contribution in [2.45, 2.75) is 33.1 Å². The molecule has 20 heavy (non-hydrogen) atoms. The summed E-state index contributed by atoms with van der Waals surface area (Å²) in [4.78, 5) is 0. The van der Waals surface area contributed by atoms with Crippen LogP contribution >= 0.6 is 0 Å². The molecule has 0 amide bonds. The fourth-order valence-electron chi connectivity index (χ4n) is 1.85. The number of primary sulfonamides is 1. The molecule has 0 bridgehead atoms. The van der Waals surface area contributed by atoms with Crippen LogP contribution in [0.1, 0.15) is 38.7 Å². The lowest BCUT2D eigenvalue weighted by Gasteiger charge is -2.20. The molecule has 1 aromatic carbocycles. The molecule has 0 heterocycles. The van der Waals surface area contributed by atoms with Gasteiger partial charge in [0.25, 0.3) is 0 Å². The zero-order chi connectivity index (χ0) is 15.2. The molecule has 0 saturated carbocycles. The number of nitrogens with two attached hydrogens (primary N) is 1. The number of hydrogen-bond acceptors (Lipinski definition) is 3. The molecule has 2 N–H and O–H groups in total. The summed E-state index contributed by atoms with van der Waals surface area (Å²) < 4.78 is 28.3. The minimum Gasteiger partial charge on any atom is -0.381 e. The third-order valence-electron chi connectivity index (χ3n) is 3.02. The molecule has 0 aliphatic carbocycles. The highest BCUT2D eigenvalue weighted by Crippen LogP contribution is 2.20. The van der Waals surface area contributed by atoms with Crippen molar-refractivity contribution in [3.8, 4) is 0 Å². The molecule has 0 spiro atoms. The first-order valence-corrected chi connectivity index (χ1v) is 8.52. The molecule has 4 nitrogen and oxygen atoms in total. The predicted molar refractivity (Wildman–Crippen MR) is 82.0 cm³/mol. The monoisotopic (exact) mass is 299 g/mol. The van der Waals surface area contributed by atoms with Crippen molar-refractivity contribution in [1.82, 2.24) is 0 Å². The summed E-state index contributed by atoms with van der Waals surface area (Å²) in [6.45, 7) is 7.44. The maximum absolute atomic E-state index is 11.3. The van der Waals surface area contributed by atoms with E-state index in [1.165, 1.54) is 0 Å². The Bertz CT molecular complexity index is 492. The van der Waals surface area contributed by atoms with Crippen molar-refractivity contribution in [2.24, 2.45) is 10.6 Å². The lowest BCUT2D eigenvalue weighted by molar-refractivity contribution is 0.0999. The normalized spacial score (nSPS) is 14.2. The van der Waals surface area contributed by atoms with E-state index in [1.54, 1.807) is 0 Å². The fraction of sp³-hybridized carbons (Fsp3) is 0.600. The lowest BCUT2D eigenvalue weighted by Crippen LogP contribution is -2.25. The van der Waals surface area contributed by atoms with Crippen LogP contribution in [0.4, 0.5) is 0 Å². The maximum atomic E-state index is 11.3. The Hall–Kier alpha value is -0.910. The zero-order valence-corrected chi connectivity index (χ0v) is 13.3. The van der Waals surface area contributed by atoms with Gasteiger partial charge >= 0.3 is 0 Å². The summed E-state index contributed by atoms with van der Waals surface area (Å²) in [5.41, 5.74) is 1.15. The van der Waals surface area contributed by atoms with Gasteiger partial charge in [0, 0.05) is 12.5 Å². The molecule has 114 valence electrons. The Morgan fingerprint density at radius 3 is 2.30 bits per heavy atom. The van der Waals surface area contributed by atoms with Crippen LogP contribution < -0.4 is 5.14 Å². The predicted octanol–water partition coefficient (Wildman–Crippen LogP) is 2.51. The molecule has 1 unspecified atom stereocenters. The van der Waals surface area contributed by atoms with Gasteiger partial charge < -0.3 is 4.74 Å². The van der Waals surface area contributed by atoms with E-state index in [1.807, 2.05) is 30.3 Å². The van der Waals surface area contributed by atoms with Crippen molar-refractivity contribution in [3.63, 3.8) is 0 Å². The minimum absolute atomic E-state index is 0.0907. The van der Waals surface area contributed by atoms with E-state index in [4.69, 9.17) is 9.88 Å². The summed E-state index contributed by atoms with van der Waals surface area (Å²) in [5.74, 6) is -0.307. The standard InChI is InChI=1S/C15H25NO3S/c1-15(2,3)9-10-19-11-14(12-20(16,17)18)13-7-5-4-6-8-13/h4-8,14H,9-12H2,1-3H3,(H2,16,17,18). The first kappa shape index (κ1) is 17.1. The van der Waals surface area contributed by atoms with Gasteiger partial charge in [-0.2, -0.15) is 0 Å². The molecule has 1 rings (SSSR count). The Kier molecular flexibility index (Phi) is 6.17. The topological polar surface area (TPSA) is 69.4 Å². The van der Waals surface area contributed by atoms with Crippen molar-refractivity contribution in [3.05, 3.63) is 35.9 Å². The third-order valence-corrected chi connectivity index (χ3v) is 3.89. The molecule has 0 aliphatic heterocycles. The summed E-state index contributed by atoms with van der Waals surface area (Å²) in [5, 5.41) is 5.16. The molecule has 0 fully saturated rings. The van der Waals surface area contributed by atoms with Gasteiger partial charge in [0.05, 0.1) is 12.4 Å². The van der Waals surface area contributed by atoms with Crippen LogP contribution in [0.2, 0.25) is 0 Å². The summed E-state index contributed by atoms with van der Waals surface area (Å²) in [6, 6.07) is 9.49. The number of rotatable bonds is 7. The van der Waals surface area contributed by atoms with Crippen molar-refractivity contribution in [1.29, 1.82) is 0 Å². The van der Waals surface area contributed by atoms with Crippen LogP contribution in [0.3, 0.4) is 0 Å². The fourth-order valence-corrected chi connectivity index (χ4v) is 2.70. The molecule has 0 aromatic heterocycles. The largest absolute Gasteiger partial charge is 0.381 e. The van der Waals surface area contributed by atoms with Gasteiger partial charge in [-0.25, -0.2) is 13.6 Å². The molecular weight excluding hydrogens is 274 g/mol. The van der Waals surface area contributed by atoms with Crippen molar-refractivity contribution >= 4 is 10.0 Å². The molecular formula is C15H25NO3S. The van der Waals surface area contributed by atoms with Gasteiger partial charge in [-0.15, -0.1) is 0 Å². The SMILES string of the molecule is CC(C)(C)CCOCC(CS(N)(=O)=O)c1ccccc1. The number of hydrogen-bond donors (Lipinski definition) is 1. The number of sulfonamides is 1. The van der Waals surface area contributed by atoms with Gasteiger partial charge in [0.2, 0.25) is 10.0 Å². The van der Waals surface area contributed by atoms with Gasteiger partial charge in [0.15, 0.2) is 0 Å². The van der Waals surface area contributed by atoms with E-state index in [9.17, 15) is 8.42 Å². The van der Waals surface area contributed by atoms with Crippen LogP contribution in [-0.4, -0.2) is 27.4 Å². The first-order chi connectivity index (χ1) is 9.17. The molecule has 0 radical (unpaired) electrons. The van der Waals surface area contributed by atoms with Crippen LogP contribution in [0.15, 0.2) is 30.3 Å². The molecule has 0 saturated heterocycles. The Balaban J connectivity index is 2.61. The van der Waals surface area contributed by atoms with Crippen LogP contribution in [0.5, 0.6) is 0 Å². The molecule has 1 aromatic rings. The van der Waals surface area contributed by atoms with Gasteiger partial charge in [-0.1, -0.05) is 51.1 Å². The molecule has 0 aliphatic rings. The second-order valence-corrected chi connectivity index (χ2v) is 7.98. The third kappa shape index (κ3) is 7.62. The van der Waals surface area contributed by atoms with E-state index in [2.05, 4.69) is 20.8 Å². The molecule has 1 atom stereocenters. The molecule has 5 heteroatoms. The highest BCUT2D eigenvalue weighted by molar-refractivity contribution is 7.89. The van der Waals surface area contributed by atoms with E-state index in [0.717, 1.165) is 12.0 Å². The van der Waals surface area contributed by atoms with E-state index in [-0.39, 0.29) is 17.1 Å². The van der Waals surface area contributed by atoms with Gasteiger partial charge in [-0.3, -0.25) is 0 Å². The van der Waals surface area contributed by atoms with Gasteiger partial charge in [0.1, 0.15) is 0 Å². The lowest BCUT2D eigenvalue weighted by atomic mass is 9.93. The minimum atomic E-state index is -3.52. The summed E-state index contributed by atoms with van der Waals surface area (Å²) in [7, 11) is -3.52. The van der Waals surface area contributed by atoms with E-state index >= 15 is 0 Å². The van der Waals surface area contributed by atoms with Crippen LogP contribution in [-0.2, 0) is 14.8 Å². The Morgan fingerprint density at radius 2 is 1.80 bits per heavy atom. The average molecular weight is 299 g/mol. The Morgan fingerprint density at radius 1 is 1.20 bits per heavy atom. The van der Waals surface area contributed by atoms with Gasteiger partial charge in [-0.05, 0) is 17.4 Å². The van der Waals surface area contributed by atoms with Crippen molar-refractivity contribution in [2.75, 3.05) is 19.0 Å². The summed E-state index contributed by atoms with van der Waals surface area (Å²) >= 11 is 0. The van der Waals surface area contributed by atoms with Crippen molar-refractivity contribution < 1.29 is 13.2 Å². The second-order valence-electron chi connectivity index (χ2n) is 6.32. The first-order valence-electron chi connectivity index (χ1n) is 6.80. The van der Waals surface area contributed by atoms with E-state index in [0.29, 0.717) is 13.2 Å². The highest BCUT2D eigenvalue weighted by atomic mass is 32.2. The number of ether oxygens (including phenoxy) is 1.